The van der Waals surface area contributed by atoms with E-state index in [4.69, 9.17) is 25.8 Å². The van der Waals surface area contributed by atoms with Crippen LogP contribution in [0.1, 0.15) is 80.3 Å². The lowest BCUT2D eigenvalue weighted by atomic mass is 9.68. The first kappa shape index (κ1) is 35.5. The molecular formula is C39H50ClN3O6S. The van der Waals surface area contributed by atoms with E-state index in [2.05, 4.69) is 38.3 Å². The van der Waals surface area contributed by atoms with Gasteiger partial charge < -0.3 is 19.1 Å². The highest BCUT2D eigenvalue weighted by Crippen LogP contribution is 2.47. The van der Waals surface area contributed by atoms with Crippen molar-refractivity contribution < 1.29 is 28.0 Å². The van der Waals surface area contributed by atoms with E-state index in [1.165, 1.54) is 11.1 Å². The number of carbonyl (C=O) groups excluding carboxylic acids is 2. The average Bonchev–Trinajstić information content (AvgIpc) is 3.20. The van der Waals surface area contributed by atoms with Gasteiger partial charge in [-0.05, 0) is 118 Å². The van der Waals surface area contributed by atoms with Crippen molar-refractivity contribution in [3.8, 4) is 5.75 Å². The van der Waals surface area contributed by atoms with Crippen molar-refractivity contribution in [3.63, 3.8) is 0 Å². The Balaban J connectivity index is 1.27. The van der Waals surface area contributed by atoms with Gasteiger partial charge >= 0.3 is 0 Å². The monoisotopic (exact) mass is 723 g/mol. The molecule has 6 atom stereocenters. The van der Waals surface area contributed by atoms with E-state index in [9.17, 15) is 13.8 Å². The summed E-state index contributed by atoms with van der Waals surface area (Å²) in [7, 11) is -0.0367. The van der Waals surface area contributed by atoms with Gasteiger partial charge in [0.05, 0.1) is 29.8 Å². The summed E-state index contributed by atoms with van der Waals surface area (Å²) in [5.74, 6) is 0.107. The zero-order valence-electron chi connectivity index (χ0n) is 29.6. The van der Waals surface area contributed by atoms with Crippen LogP contribution in [0.5, 0.6) is 5.75 Å². The van der Waals surface area contributed by atoms with Gasteiger partial charge in [0.25, 0.3) is 5.91 Å². The Morgan fingerprint density at radius 2 is 1.98 bits per heavy atom. The third-order valence-electron chi connectivity index (χ3n) is 12.0. The van der Waals surface area contributed by atoms with Gasteiger partial charge in [-0.1, -0.05) is 36.7 Å². The summed E-state index contributed by atoms with van der Waals surface area (Å²) in [6, 6.07) is 11.6. The molecule has 270 valence electrons. The molecule has 2 fully saturated rings. The number of ether oxygens (including phenoxy) is 3. The minimum absolute atomic E-state index is 0.0431. The number of aryl methyl sites for hydroxylation is 1. The predicted molar refractivity (Wildman–Crippen MR) is 196 cm³/mol. The molecule has 7 rings (SSSR count). The lowest BCUT2D eigenvalue weighted by Crippen LogP contribution is -2.50. The topological polar surface area (TPSA) is 107 Å². The Labute approximate surface area is 301 Å². The largest absolute Gasteiger partial charge is 0.490 e. The van der Waals surface area contributed by atoms with Crippen LogP contribution in [0, 0.1) is 23.7 Å². The van der Waals surface area contributed by atoms with Crippen molar-refractivity contribution in [2.24, 2.45) is 28.0 Å². The van der Waals surface area contributed by atoms with Crippen LogP contribution in [0.4, 0.5) is 5.69 Å². The number of anilines is 1. The molecule has 0 radical (unpaired) electrons. The minimum atomic E-state index is -3.44. The molecule has 9 nitrogen and oxygen atoms in total. The molecule has 2 aromatic carbocycles. The Hall–Kier alpha value is -2.92. The van der Waals surface area contributed by atoms with E-state index < -0.39 is 15.8 Å². The summed E-state index contributed by atoms with van der Waals surface area (Å²) >= 11 is 6.46. The number of rotatable bonds is 4. The molecule has 1 unspecified atom stereocenters. The molecule has 11 heteroatoms. The molecule has 2 heterocycles. The maximum Gasteiger partial charge on any atom is 0.286 e. The highest BCUT2D eigenvalue weighted by atomic mass is 35.5. The summed E-state index contributed by atoms with van der Waals surface area (Å²) in [5.41, 5.74) is 3.08. The van der Waals surface area contributed by atoms with Crippen LogP contribution in [0.25, 0.3) is 0 Å². The van der Waals surface area contributed by atoms with Gasteiger partial charge in [-0.25, -0.2) is 4.21 Å². The van der Waals surface area contributed by atoms with Crippen molar-refractivity contribution in [2.75, 3.05) is 44.6 Å². The molecule has 1 N–H and O–H groups in total. The number of benzene rings is 2. The van der Waals surface area contributed by atoms with Gasteiger partial charge in [0, 0.05) is 49.2 Å². The SMILES string of the molecule is CO[C@H]1/C=C\C[C@H](C)CS(=O)(NC(=O)C2CC(C)(OC)C2)=NC(=O)c2ccc3c(c2)N(C[C@@H]2CC[C@H]21)C[C@@]1(CCCc2cc(Cl)ccc21)CO3. The molecule has 3 aliphatic carbocycles. The Kier molecular flexibility index (Phi) is 9.86. The first-order valence-corrected chi connectivity index (χ1v) is 20.1. The second-order valence-electron chi connectivity index (χ2n) is 15.7. The molecule has 2 aliphatic heterocycles. The van der Waals surface area contributed by atoms with Crippen LogP contribution in [0.15, 0.2) is 52.9 Å². The van der Waals surface area contributed by atoms with E-state index >= 15 is 0 Å². The number of carbonyl (C=O) groups is 2. The highest BCUT2D eigenvalue weighted by molar-refractivity contribution is 7.92. The van der Waals surface area contributed by atoms with Crippen molar-refractivity contribution >= 4 is 39.0 Å². The Bertz CT molecular complexity index is 1800. The quantitative estimate of drug-likeness (QED) is 0.342. The van der Waals surface area contributed by atoms with Crippen LogP contribution < -0.4 is 14.4 Å². The molecule has 2 bridgehead atoms. The standard InChI is InChI=1S/C39H50ClN3O6S/c1-25-7-5-9-34(47-3)31-13-10-28(31)21-43-23-39(16-6-8-26-17-30(40)12-14-32(26)39)24-49-35-15-11-27(18-33(35)43)36(44)41-50(46,22-25)42-37(45)29-19-38(2,20-29)48-4/h5,9,11-12,14-15,17-18,25,28-29,31,34H,6-8,10,13,16,19-24H2,1-4H3,(H,41,42,44,45,46)/b9-5-/t25-,28-,29?,31+,34-,38?,39-,50?/m0/s1. The smallest absolute Gasteiger partial charge is 0.286 e. The van der Waals surface area contributed by atoms with Crippen LogP contribution in [-0.4, -0.2) is 67.4 Å². The van der Waals surface area contributed by atoms with E-state index in [0.717, 1.165) is 55.9 Å². The lowest BCUT2D eigenvalue weighted by molar-refractivity contribution is -0.141. The summed E-state index contributed by atoms with van der Waals surface area (Å²) in [4.78, 5) is 29.7. The normalized spacial score (nSPS) is 36.0. The van der Waals surface area contributed by atoms with E-state index in [1.54, 1.807) is 20.3 Å². The number of nitrogens with one attached hydrogen (secondary N) is 1. The lowest BCUT2D eigenvalue weighted by Gasteiger charge is -2.46. The van der Waals surface area contributed by atoms with E-state index in [0.29, 0.717) is 49.0 Å². The summed E-state index contributed by atoms with van der Waals surface area (Å²) in [5, 5.41) is 0.745. The van der Waals surface area contributed by atoms with Crippen molar-refractivity contribution in [2.45, 2.75) is 82.3 Å². The number of fused-ring (bicyclic) bond motifs is 4. The van der Waals surface area contributed by atoms with Gasteiger partial charge in [-0.15, -0.1) is 4.36 Å². The maximum atomic E-state index is 14.5. The van der Waals surface area contributed by atoms with E-state index in [-0.39, 0.29) is 40.6 Å². The molecule has 2 saturated carbocycles. The average molecular weight is 724 g/mol. The van der Waals surface area contributed by atoms with Crippen LogP contribution in [-0.2, 0) is 36.0 Å². The molecule has 1 spiro atoms. The fraction of sp³-hybridized carbons (Fsp3) is 0.590. The van der Waals surface area contributed by atoms with Gasteiger partial charge in [0.1, 0.15) is 15.7 Å². The second kappa shape index (κ2) is 13.9. The van der Waals surface area contributed by atoms with Gasteiger partial charge in [-0.2, -0.15) is 0 Å². The molecule has 2 amide bonds. The number of amides is 2. The van der Waals surface area contributed by atoms with Gasteiger partial charge in [0.2, 0.25) is 5.91 Å². The first-order chi connectivity index (χ1) is 23.9. The zero-order chi connectivity index (χ0) is 35.3. The second-order valence-corrected chi connectivity index (χ2v) is 18.1. The highest BCUT2D eigenvalue weighted by Gasteiger charge is 2.46. The third kappa shape index (κ3) is 6.97. The van der Waals surface area contributed by atoms with Gasteiger partial charge in [0.15, 0.2) is 0 Å². The van der Waals surface area contributed by atoms with E-state index in [1.807, 2.05) is 32.0 Å². The first-order valence-electron chi connectivity index (χ1n) is 18.1. The number of hydrogen-bond donors (Lipinski definition) is 1. The van der Waals surface area contributed by atoms with Crippen LogP contribution in [0.3, 0.4) is 0 Å². The van der Waals surface area contributed by atoms with Crippen LogP contribution in [0.2, 0.25) is 5.02 Å². The summed E-state index contributed by atoms with van der Waals surface area (Å²) in [6.07, 6.45) is 11.0. The molecule has 2 aromatic rings. The summed E-state index contributed by atoms with van der Waals surface area (Å²) in [6.45, 7) is 5.97. The van der Waals surface area contributed by atoms with Crippen LogP contribution >= 0.6 is 11.6 Å². The number of methoxy groups -OCH3 is 2. The fourth-order valence-corrected chi connectivity index (χ4v) is 11.1. The number of nitrogens with zero attached hydrogens (tertiary/aromatic N) is 2. The molecular weight excluding hydrogens is 674 g/mol. The van der Waals surface area contributed by atoms with Crippen molar-refractivity contribution in [1.82, 2.24) is 4.72 Å². The Morgan fingerprint density at radius 1 is 1.16 bits per heavy atom. The predicted octanol–water partition coefficient (Wildman–Crippen LogP) is 6.90. The molecule has 0 aromatic heterocycles. The Morgan fingerprint density at radius 3 is 2.72 bits per heavy atom. The molecule has 50 heavy (non-hydrogen) atoms. The number of hydrogen-bond acceptors (Lipinski definition) is 7. The summed E-state index contributed by atoms with van der Waals surface area (Å²) < 4.78 is 39.8. The van der Waals surface area contributed by atoms with Gasteiger partial charge in [-0.3, -0.25) is 14.3 Å². The minimum Gasteiger partial charge on any atom is -0.490 e. The maximum absolute atomic E-state index is 14.5. The van der Waals surface area contributed by atoms with Crippen molar-refractivity contribution in [1.29, 1.82) is 0 Å². The number of allylic oxidation sites excluding steroid dienone is 1. The molecule has 0 saturated heterocycles. The molecule has 5 aliphatic rings. The zero-order valence-corrected chi connectivity index (χ0v) is 31.2. The fourth-order valence-electron chi connectivity index (χ4n) is 8.94. The number of halogens is 1. The van der Waals surface area contributed by atoms with Crippen molar-refractivity contribution in [3.05, 3.63) is 70.3 Å². The third-order valence-corrected chi connectivity index (χ3v) is 14.2.